The summed E-state index contributed by atoms with van der Waals surface area (Å²) >= 11 is 0. The van der Waals surface area contributed by atoms with E-state index in [9.17, 15) is 22.1 Å². The predicted molar refractivity (Wildman–Crippen MR) is 238 cm³/mol. The molecule has 0 saturated carbocycles. The lowest BCUT2D eigenvalue weighted by Gasteiger charge is -2.26. The van der Waals surface area contributed by atoms with Crippen molar-refractivity contribution in [1.82, 2.24) is 15.1 Å². The number of hydrogen-bond acceptors (Lipinski definition) is 13. The molecule has 2 rings (SSSR count). The standard InChI is InChI=1S/C43H72B2F4N4O10/c1-55-22-23-59-30-31-63-35-33-61-28-25-57-20-15-51-43(54)38-53(37-40-11-5-7-13-42(40)45(48)49)17-9-3-2-8-16-52(36-39-10-4-6-12-41(39)44(46)47)18-21-58-26-29-62-34-32-60-27-24-56-19-14-50/h4-7,10-13H,2-3,8-9,14-38,50H2,1H3,(H,51,54)/q-2. The molecule has 0 fully saturated rings. The number of unbranched alkanes of at least 4 members (excludes halogenated alkanes) is 3. The lowest BCUT2D eigenvalue weighted by atomic mass is 9.82. The lowest BCUT2D eigenvalue weighted by Crippen LogP contribution is -2.40. The van der Waals surface area contributed by atoms with Crippen LogP contribution in [-0.2, 0) is 60.5 Å². The van der Waals surface area contributed by atoms with Gasteiger partial charge in [0.25, 0.3) is 14.5 Å². The van der Waals surface area contributed by atoms with Gasteiger partial charge in [-0.25, -0.2) is 0 Å². The first kappa shape index (κ1) is 56.4. The molecular weight excluding hydrogens is 830 g/mol. The van der Waals surface area contributed by atoms with E-state index in [0.717, 1.165) is 25.7 Å². The van der Waals surface area contributed by atoms with E-state index in [4.69, 9.17) is 48.4 Å². The summed E-state index contributed by atoms with van der Waals surface area (Å²) in [4.78, 5) is 17.0. The summed E-state index contributed by atoms with van der Waals surface area (Å²) in [5, 5.41) is 2.86. The van der Waals surface area contributed by atoms with Crippen LogP contribution < -0.4 is 22.0 Å². The van der Waals surface area contributed by atoms with Crippen molar-refractivity contribution in [2.75, 3.05) is 159 Å². The van der Waals surface area contributed by atoms with E-state index in [1.165, 1.54) is 12.1 Å². The smallest absolute Gasteiger partial charge is 0.260 e. The van der Waals surface area contributed by atoms with Crippen LogP contribution in [0.4, 0.5) is 17.3 Å². The van der Waals surface area contributed by atoms with Crippen LogP contribution >= 0.6 is 0 Å². The fourth-order valence-corrected chi connectivity index (χ4v) is 6.24. The minimum Gasteiger partial charge on any atom is -0.505 e. The van der Waals surface area contributed by atoms with Crippen molar-refractivity contribution in [3.63, 3.8) is 0 Å². The third-order valence-electron chi connectivity index (χ3n) is 9.48. The zero-order chi connectivity index (χ0) is 45.4. The van der Waals surface area contributed by atoms with Crippen molar-refractivity contribution < 1.29 is 64.7 Å². The Balaban J connectivity index is 1.76. The number of halogens is 4. The first-order chi connectivity index (χ1) is 30.8. The highest BCUT2D eigenvalue weighted by atomic mass is 19.2. The monoisotopic (exact) mass is 903 g/mol. The summed E-state index contributed by atoms with van der Waals surface area (Å²) in [6, 6.07) is 13.0. The maximum Gasteiger partial charge on any atom is 0.260 e. The first-order valence-electron chi connectivity index (χ1n) is 22.1. The molecule has 20 heteroatoms. The molecule has 14 nitrogen and oxygen atoms in total. The zero-order valence-electron chi connectivity index (χ0n) is 37.3. The van der Waals surface area contributed by atoms with Gasteiger partial charge in [-0.3, -0.25) is 14.6 Å². The lowest BCUT2D eigenvalue weighted by molar-refractivity contribution is -0.122. The predicted octanol–water partition coefficient (Wildman–Crippen LogP) is 2.67. The average molecular weight is 903 g/mol. The molecule has 0 atom stereocenters. The van der Waals surface area contributed by atoms with Gasteiger partial charge in [0, 0.05) is 39.8 Å². The van der Waals surface area contributed by atoms with Crippen molar-refractivity contribution in [3.8, 4) is 0 Å². The molecule has 0 aromatic heterocycles. The number of nitrogens with one attached hydrogen (secondary N) is 1. The van der Waals surface area contributed by atoms with Crippen LogP contribution in [-0.4, -0.2) is 189 Å². The van der Waals surface area contributed by atoms with Gasteiger partial charge in [0.05, 0.1) is 119 Å². The summed E-state index contributed by atoms with van der Waals surface area (Å²) in [6.45, 7) is 10.7. The minimum absolute atomic E-state index is 0.0226. The molecule has 0 aliphatic heterocycles. The molecule has 1 amide bonds. The highest BCUT2D eigenvalue weighted by Gasteiger charge is 2.15. The van der Waals surface area contributed by atoms with Gasteiger partial charge < -0.3 is 70.9 Å². The highest BCUT2D eigenvalue weighted by Crippen LogP contribution is 2.11. The molecule has 0 aliphatic carbocycles. The summed E-state index contributed by atoms with van der Waals surface area (Å²) < 4.78 is 104. The number of carbonyl (C=O) groups is 1. The molecule has 360 valence electrons. The van der Waals surface area contributed by atoms with E-state index in [2.05, 4.69) is 10.2 Å². The summed E-state index contributed by atoms with van der Waals surface area (Å²) in [5.74, 6) is -0.226. The summed E-state index contributed by atoms with van der Waals surface area (Å²) in [7, 11) is -3.59. The van der Waals surface area contributed by atoms with Crippen LogP contribution in [0.2, 0.25) is 0 Å². The van der Waals surface area contributed by atoms with Crippen LogP contribution in [0.15, 0.2) is 48.5 Å². The Morgan fingerprint density at radius 2 is 0.921 bits per heavy atom. The molecule has 0 saturated heterocycles. The molecule has 2 radical (unpaired) electrons. The Morgan fingerprint density at radius 3 is 1.38 bits per heavy atom. The Morgan fingerprint density at radius 1 is 0.524 bits per heavy atom. The molecule has 0 spiro atoms. The number of hydrogen-bond donors (Lipinski definition) is 2. The normalized spacial score (nSPS) is 11.8. The number of benzene rings is 2. The van der Waals surface area contributed by atoms with Crippen LogP contribution in [0, 0.1) is 0 Å². The average Bonchev–Trinajstić information content (AvgIpc) is 3.27. The molecular formula is C43H72B2F4N4O10-2. The van der Waals surface area contributed by atoms with Crippen LogP contribution in [0.5, 0.6) is 0 Å². The maximum atomic E-state index is 13.9. The van der Waals surface area contributed by atoms with Gasteiger partial charge in [-0.1, -0.05) is 72.5 Å². The third-order valence-corrected chi connectivity index (χ3v) is 9.48. The first-order valence-corrected chi connectivity index (χ1v) is 22.1. The number of ether oxygens (including phenoxy) is 9. The molecule has 3 N–H and O–H groups in total. The van der Waals surface area contributed by atoms with Crippen LogP contribution in [0.25, 0.3) is 0 Å². The fraction of sp³-hybridized carbons (Fsp3) is 0.698. The van der Waals surface area contributed by atoms with Crippen molar-refractivity contribution in [1.29, 1.82) is 0 Å². The van der Waals surface area contributed by atoms with E-state index < -0.39 is 14.5 Å². The van der Waals surface area contributed by atoms with Crippen molar-refractivity contribution >= 4 is 31.4 Å². The summed E-state index contributed by atoms with van der Waals surface area (Å²) in [5.41, 5.74) is 6.42. The number of rotatable bonds is 44. The number of carbonyl (C=O) groups excluding carboxylic acids is 1. The second-order valence-electron chi connectivity index (χ2n) is 14.4. The fourth-order valence-electron chi connectivity index (χ4n) is 6.24. The Hall–Kier alpha value is -2.72. The molecule has 2 aromatic carbocycles. The quantitative estimate of drug-likeness (QED) is 0.0573. The number of nitrogens with zero attached hydrogens (tertiary/aromatic N) is 2. The van der Waals surface area contributed by atoms with Crippen molar-refractivity contribution in [2.45, 2.75) is 38.8 Å². The number of methoxy groups -OCH3 is 1. The number of nitrogens with two attached hydrogens (primary N) is 1. The molecule has 0 aliphatic rings. The summed E-state index contributed by atoms with van der Waals surface area (Å²) in [6.07, 6.45) is 3.25. The Labute approximate surface area is 373 Å². The van der Waals surface area contributed by atoms with Crippen LogP contribution in [0.1, 0.15) is 36.8 Å². The van der Waals surface area contributed by atoms with Gasteiger partial charge in [0.1, 0.15) is 0 Å². The second kappa shape index (κ2) is 39.6. The Bertz CT molecular complexity index is 1390. The molecule has 0 unspecified atom stereocenters. The molecule has 0 heterocycles. The van der Waals surface area contributed by atoms with E-state index in [1.807, 2.05) is 4.90 Å². The largest absolute Gasteiger partial charge is 0.505 e. The Kier molecular flexibility index (Phi) is 35.5. The minimum atomic E-state index is -2.63. The van der Waals surface area contributed by atoms with E-state index in [0.29, 0.717) is 163 Å². The molecule has 0 bridgehead atoms. The van der Waals surface area contributed by atoms with Gasteiger partial charge in [-0.2, -0.15) is 10.9 Å². The van der Waals surface area contributed by atoms with Gasteiger partial charge in [0.2, 0.25) is 5.91 Å². The van der Waals surface area contributed by atoms with Gasteiger partial charge >= 0.3 is 0 Å². The number of amides is 1. The van der Waals surface area contributed by atoms with Crippen LogP contribution in [0.3, 0.4) is 0 Å². The van der Waals surface area contributed by atoms with E-state index in [1.54, 1.807) is 43.5 Å². The third kappa shape index (κ3) is 30.2. The topological polar surface area (TPSA) is 145 Å². The van der Waals surface area contributed by atoms with Gasteiger partial charge in [-0.15, -0.1) is 0 Å². The molecule has 2 aromatic rings. The van der Waals surface area contributed by atoms with Gasteiger partial charge in [-0.05, 0) is 25.9 Å². The highest BCUT2D eigenvalue weighted by molar-refractivity contribution is 6.60. The zero-order valence-corrected chi connectivity index (χ0v) is 37.3. The van der Waals surface area contributed by atoms with E-state index >= 15 is 0 Å². The molecule has 63 heavy (non-hydrogen) atoms. The maximum absolute atomic E-state index is 13.9. The SMILES string of the molecule is COCCOCCOCCOCCOCCNC(=O)CN(CCCCCCN(CCOCCOCCOCCOCCN)Cc1ccccc1[B-](F)F)Cc1ccccc1[B-](F)F. The van der Waals surface area contributed by atoms with Crippen molar-refractivity contribution in [3.05, 3.63) is 59.7 Å². The van der Waals surface area contributed by atoms with Gasteiger partial charge in [0.15, 0.2) is 0 Å². The second-order valence-corrected chi connectivity index (χ2v) is 14.4. The van der Waals surface area contributed by atoms with Crippen molar-refractivity contribution in [2.24, 2.45) is 5.73 Å². The van der Waals surface area contributed by atoms with E-state index in [-0.39, 0.29) is 29.9 Å².